The van der Waals surface area contributed by atoms with Crippen LogP contribution < -0.4 is 0 Å². The Hall–Kier alpha value is -2.06. The van der Waals surface area contributed by atoms with E-state index >= 15 is 0 Å². The maximum Gasteiger partial charge on any atom is 0.244 e. The van der Waals surface area contributed by atoms with E-state index in [1.165, 1.54) is 0 Å². The lowest BCUT2D eigenvalue weighted by Crippen LogP contribution is -2.36. The first kappa shape index (κ1) is 15.5. The number of rotatable bonds is 4. The molecular weight excluding hydrogens is 324 g/mol. The van der Waals surface area contributed by atoms with Crippen molar-refractivity contribution in [2.75, 3.05) is 6.54 Å². The fourth-order valence-electron chi connectivity index (χ4n) is 3.02. The molecule has 7 nitrogen and oxygen atoms in total. The minimum Gasteiger partial charge on any atom is -0.337 e. The van der Waals surface area contributed by atoms with Gasteiger partial charge in [0.25, 0.3) is 0 Å². The van der Waals surface area contributed by atoms with E-state index in [2.05, 4.69) is 50.6 Å². The minimum atomic E-state index is 0.0548. The van der Waals surface area contributed by atoms with Gasteiger partial charge in [0.05, 0.1) is 17.5 Å². The summed E-state index contributed by atoms with van der Waals surface area (Å²) in [7, 11) is 0. The van der Waals surface area contributed by atoms with Crippen molar-refractivity contribution in [2.45, 2.75) is 45.8 Å². The quantitative estimate of drug-likeness (QED) is 0.724. The zero-order valence-electron chi connectivity index (χ0n) is 14.0. The lowest BCUT2D eigenvalue weighted by Gasteiger charge is -2.31. The van der Waals surface area contributed by atoms with Gasteiger partial charge in [0.15, 0.2) is 0 Å². The summed E-state index contributed by atoms with van der Waals surface area (Å²) in [5.41, 5.74) is 0. The molecule has 1 aliphatic heterocycles. The second kappa shape index (κ2) is 6.10. The molecule has 0 bridgehead atoms. The molecule has 0 spiro atoms. The summed E-state index contributed by atoms with van der Waals surface area (Å²) in [6.07, 6.45) is 0. The highest BCUT2D eigenvalue weighted by Gasteiger charge is 2.28. The van der Waals surface area contributed by atoms with E-state index in [0.717, 1.165) is 36.2 Å². The first-order chi connectivity index (χ1) is 11.6. The minimum absolute atomic E-state index is 0.0548. The Balaban J connectivity index is 1.52. The van der Waals surface area contributed by atoms with E-state index in [9.17, 15) is 0 Å². The molecule has 0 aliphatic carbocycles. The molecule has 1 aliphatic rings. The Labute approximate surface area is 144 Å². The number of thiophene rings is 1. The average molecular weight is 344 g/mol. The highest BCUT2D eigenvalue weighted by Crippen LogP contribution is 2.28. The summed E-state index contributed by atoms with van der Waals surface area (Å²) in [5, 5.41) is 14.8. The van der Waals surface area contributed by atoms with Crippen LogP contribution in [0.3, 0.4) is 0 Å². The van der Waals surface area contributed by atoms with Crippen molar-refractivity contribution in [3.05, 3.63) is 35.1 Å². The van der Waals surface area contributed by atoms with Crippen LogP contribution >= 0.6 is 11.3 Å². The van der Waals surface area contributed by atoms with E-state index in [1.807, 2.05) is 17.5 Å². The zero-order valence-corrected chi connectivity index (χ0v) is 14.8. The third-order valence-electron chi connectivity index (χ3n) is 4.42. The van der Waals surface area contributed by atoms with Crippen LogP contribution in [-0.4, -0.2) is 36.3 Å². The maximum absolute atomic E-state index is 5.50. The van der Waals surface area contributed by atoms with Gasteiger partial charge in [-0.2, -0.15) is 4.98 Å². The van der Waals surface area contributed by atoms with E-state index < -0.39 is 0 Å². The number of nitrogens with zero attached hydrogens (tertiary/aromatic N) is 6. The Bertz CT molecular complexity index is 822. The average Bonchev–Trinajstić information content (AvgIpc) is 3.31. The lowest BCUT2D eigenvalue weighted by atomic mass is 10.2. The Morgan fingerprint density at radius 1 is 1.21 bits per heavy atom. The third kappa shape index (κ3) is 2.65. The van der Waals surface area contributed by atoms with Crippen LogP contribution in [0, 0.1) is 0 Å². The van der Waals surface area contributed by atoms with Crippen LogP contribution in [0.2, 0.25) is 0 Å². The van der Waals surface area contributed by atoms with Crippen molar-refractivity contribution in [3.8, 4) is 10.7 Å². The standard InChI is InChI=1S/C16H20N6OS/c1-10(2)15-19-18-13-9-21(6-7-22(13)15)11(3)16-17-14(20-23-16)12-5-4-8-24-12/h4-5,8,10-11H,6-7,9H2,1-3H3/t11-/m1/s1. The van der Waals surface area contributed by atoms with Gasteiger partial charge in [0, 0.05) is 19.0 Å². The highest BCUT2D eigenvalue weighted by molar-refractivity contribution is 7.13. The van der Waals surface area contributed by atoms with Gasteiger partial charge < -0.3 is 9.09 Å². The molecule has 0 unspecified atom stereocenters. The molecule has 0 N–H and O–H groups in total. The number of aromatic nitrogens is 5. The molecule has 3 aromatic rings. The van der Waals surface area contributed by atoms with Crippen LogP contribution in [-0.2, 0) is 13.1 Å². The van der Waals surface area contributed by atoms with Crippen molar-refractivity contribution in [2.24, 2.45) is 0 Å². The number of hydrogen-bond acceptors (Lipinski definition) is 7. The van der Waals surface area contributed by atoms with Crippen molar-refractivity contribution >= 4 is 11.3 Å². The number of fused-ring (bicyclic) bond motifs is 1. The van der Waals surface area contributed by atoms with Gasteiger partial charge in [-0.3, -0.25) is 4.90 Å². The smallest absolute Gasteiger partial charge is 0.244 e. The fourth-order valence-corrected chi connectivity index (χ4v) is 3.67. The Morgan fingerprint density at radius 3 is 2.83 bits per heavy atom. The molecule has 24 heavy (non-hydrogen) atoms. The van der Waals surface area contributed by atoms with Crippen LogP contribution in [0.1, 0.15) is 50.3 Å². The molecule has 0 saturated heterocycles. The predicted octanol–water partition coefficient (Wildman–Crippen LogP) is 3.09. The summed E-state index contributed by atoms with van der Waals surface area (Å²) < 4.78 is 7.73. The maximum atomic E-state index is 5.50. The van der Waals surface area contributed by atoms with Gasteiger partial charge in [-0.05, 0) is 18.4 Å². The Kier molecular flexibility index (Phi) is 3.93. The van der Waals surface area contributed by atoms with Gasteiger partial charge in [0.2, 0.25) is 11.7 Å². The van der Waals surface area contributed by atoms with Crippen LogP contribution in [0.25, 0.3) is 10.7 Å². The van der Waals surface area contributed by atoms with Crippen molar-refractivity contribution in [1.82, 2.24) is 29.8 Å². The molecule has 3 aromatic heterocycles. The van der Waals surface area contributed by atoms with Gasteiger partial charge >= 0.3 is 0 Å². The van der Waals surface area contributed by atoms with Crippen LogP contribution in [0.15, 0.2) is 22.0 Å². The molecule has 0 amide bonds. The topological polar surface area (TPSA) is 72.9 Å². The summed E-state index contributed by atoms with van der Waals surface area (Å²) in [4.78, 5) is 7.90. The SMILES string of the molecule is CC(C)c1nnc2n1CCN([C@H](C)c1nc(-c3cccs3)no1)C2. The first-order valence-electron chi connectivity index (χ1n) is 8.17. The summed E-state index contributed by atoms with van der Waals surface area (Å²) in [5.74, 6) is 3.77. The molecule has 1 atom stereocenters. The van der Waals surface area contributed by atoms with E-state index in [1.54, 1.807) is 11.3 Å². The molecule has 126 valence electrons. The molecule has 0 fully saturated rings. The van der Waals surface area contributed by atoms with Crippen molar-refractivity contribution in [1.29, 1.82) is 0 Å². The van der Waals surface area contributed by atoms with Crippen molar-refractivity contribution < 1.29 is 4.52 Å². The molecular formula is C16H20N6OS. The predicted molar refractivity (Wildman–Crippen MR) is 90.5 cm³/mol. The second-order valence-electron chi connectivity index (χ2n) is 6.36. The molecule has 0 radical (unpaired) electrons. The normalized spacial score (nSPS) is 16.5. The van der Waals surface area contributed by atoms with E-state index in [0.29, 0.717) is 17.6 Å². The largest absolute Gasteiger partial charge is 0.337 e. The van der Waals surface area contributed by atoms with Crippen LogP contribution in [0.4, 0.5) is 0 Å². The molecule has 4 rings (SSSR count). The Morgan fingerprint density at radius 2 is 2.08 bits per heavy atom. The van der Waals surface area contributed by atoms with E-state index in [-0.39, 0.29) is 6.04 Å². The summed E-state index contributed by atoms with van der Waals surface area (Å²) >= 11 is 1.61. The van der Waals surface area contributed by atoms with Crippen molar-refractivity contribution in [3.63, 3.8) is 0 Å². The van der Waals surface area contributed by atoms with Gasteiger partial charge in [-0.15, -0.1) is 21.5 Å². The van der Waals surface area contributed by atoms with Gasteiger partial charge in [-0.1, -0.05) is 25.1 Å². The summed E-state index contributed by atoms with van der Waals surface area (Å²) in [6.45, 7) is 8.96. The molecule has 0 saturated carbocycles. The summed E-state index contributed by atoms with van der Waals surface area (Å²) in [6, 6.07) is 4.04. The third-order valence-corrected chi connectivity index (χ3v) is 5.28. The highest BCUT2D eigenvalue weighted by atomic mass is 32.1. The first-order valence-corrected chi connectivity index (χ1v) is 9.05. The number of hydrogen-bond donors (Lipinski definition) is 0. The van der Waals surface area contributed by atoms with Crippen LogP contribution in [0.5, 0.6) is 0 Å². The fraction of sp³-hybridized carbons (Fsp3) is 0.500. The molecule has 8 heteroatoms. The second-order valence-corrected chi connectivity index (χ2v) is 7.31. The zero-order chi connectivity index (χ0) is 16.7. The molecule has 0 aromatic carbocycles. The monoisotopic (exact) mass is 344 g/mol. The van der Waals surface area contributed by atoms with Gasteiger partial charge in [-0.25, -0.2) is 0 Å². The molecule has 4 heterocycles. The lowest BCUT2D eigenvalue weighted by molar-refractivity contribution is 0.135. The van der Waals surface area contributed by atoms with Gasteiger partial charge in [0.1, 0.15) is 11.6 Å². The van der Waals surface area contributed by atoms with E-state index in [4.69, 9.17) is 4.52 Å².